The van der Waals surface area contributed by atoms with Crippen molar-refractivity contribution in [3.63, 3.8) is 0 Å². The van der Waals surface area contributed by atoms with Gasteiger partial charge in [-0.3, -0.25) is 9.59 Å². The van der Waals surface area contributed by atoms with Gasteiger partial charge in [-0.2, -0.15) is 0 Å². The molecule has 116 valence electrons. The zero-order valence-electron chi connectivity index (χ0n) is 12.7. The lowest BCUT2D eigenvalue weighted by Gasteiger charge is -2.16. The molecule has 0 aromatic heterocycles. The zero-order valence-corrected chi connectivity index (χ0v) is 14.2. The molecule has 1 saturated heterocycles. The summed E-state index contributed by atoms with van der Waals surface area (Å²) in [5, 5.41) is 0.356. The van der Waals surface area contributed by atoms with Gasteiger partial charge in [-0.15, -0.1) is 0 Å². The Morgan fingerprint density at radius 1 is 1.04 bits per heavy atom. The normalized spacial score (nSPS) is 16.5. The lowest BCUT2D eigenvalue weighted by Crippen LogP contribution is -2.28. The Morgan fingerprint density at radius 2 is 1.74 bits per heavy atom. The summed E-state index contributed by atoms with van der Waals surface area (Å²) in [6.45, 7) is 3.87. The molecular formula is C18H14ClNO2S. The number of hydrogen-bond donors (Lipinski definition) is 0. The SMILES string of the molecule is Cc1cccc(N2C(=O)S/C(=C\c3ccc(Cl)cc3)C2=O)c1C. The quantitative estimate of drug-likeness (QED) is 0.703. The van der Waals surface area contributed by atoms with Gasteiger partial charge in [0.2, 0.25) is 0 Å². The van der Waals surface area contributed by atoms with Crippen molar-refractivity contribution >= 4 is 46.3 Å². The van der Waals surface area contributed by atoms with E-state index in [0.29, 0.717) is 15.6 Å². The van der Waals surface area contributed by atoms with Crippen molar-refractivity contribution in [2.75, 3.05) is 4.90 Å². The summed E-state index contributed by atoms with van der Waals surface area (Å²) in [7, 11) is 0. The van der Waals surface area contributed by atoms with Gasteiger partial charge in [0.25, 0.3) is 11.1 Å². The first-order valence-corrected chi connectivity index (χ1v) is 8.26. The predicted octanol–water partition coefficient (Wildman–Crippen LogP) is 5.20. The van der Waals surface area contributed by atoms with Gasteiger partial charge in [-0.1, -0.05) is 35.9 Å². The highest BCUT2D eigenvalue weighted by Crippen LogP contribution is 2.37. The lowest BCUT2D eigenvalue weighted by atomic mass is 10.1. The number of nitrogens with zero attached hydrogens (tertiary/aromatic N) is 1. The molecular weight excluding hydrogens is 330 g/mol. The number of halogens is 1. The Labute approximate surface area is 143 Å². The maximum Gasteiger partial charge on any atom is 0.298 e. The molecule has 0 unspecified atom stereocenters. The molecule has 1 aliphatic heterocycles. The Bertz CT molecular complexity index is 827. The summed E-state index contributed by atoms with van der Waals surface area (Å²) in [4.78, 5) is 26.6. The van der Waals surface area contributed by atoms with E-state index in [1.54, 1.807) is 24.3 Å². The first kappa shape index (κ1) is 15.8. The molecule has 3 rings (SSSR count). The van der Waals surface area contributed by atoms with E-state index in [1.165, 1.54) is 4.90 Å². The molecule has 0 spiro atoms. The molecule has 0 atom stereocenters. The van der Waals surface area contributed by atoms with Crippen LogP contribution in [0.3, 0.4) is 0 Å². The Kier molecular flexibility index (Phi) is 4.28. The average molecular weight is 344 g/mol. The number of carbonyl (C=O) groups excluding carboxylic acids is 2. The van der Waals surface area contributed by atoms with Gasteiger partial charge in [-0.25, -0.2) is 4.90 Å². The molecule has 1 heterocycles. The van der Waals surface area contributed by atoms with Crippen molar-refractivity contribution in [1.82, 2.24) is 0 Å². The number of aryl methyl sites for hydroxylation is 1. The Balaban J connectivity index is 1.97. The molecule has 0 N–H and O–H groups in total. The van der Waals surface area contributed by atoms with Crippen molar-refractivity contribution in [1.29, 1.82) is 0 Å². The van der Waals surface area contributed by atoms with Crippen molar-refractivity contribution in [3.05, 3.63) is 69.1 Å². The second-order valence-electron chi connectivity index (χ2n) is 5.29. The van der Waals surface area contributed by atoms with Crippen LogP contribution < -0.4 is 4.90 Å². The summed E-state index contributed by atoms with van der Waals surface area (Å²) < 4.78 is 0. The number of carbonyl (C=O) groups is 2. The van der Waals surface area contributed by atoms with Crippen LogP contribution in [0, 0.1) is 13.8 Å². The fraction of sp³-hybridized carbons (Fsp3) is 0.111. The molecule has 2 aromatic carbocycles. The lowest BCUT2D eigenvalue weighted by molar-refractivity contribution is -0.113. The Morgan fingerprint density at radius 3 is 2.43 bits per heavy atom. The van der Waals surface area contributed by atoms with Gasteiger partial charge in [0, 0.05) is 5.02 Å². The van der Waals surface area contributed by atoms with Crippen LogP contribution in [0.2, 0.25) is 5.02 Å². The molecule has 0 radical (unpaired) electrons. The number of amides is 2. The van der Waals surface area contributed by atoms with Crippen LogP contribution in [0.5, 0.6) is 0 Å². The molecule has 3 nitrogen and oxygen atoms in total. The fourth-order valence-electron chi connectivity index (χ4n) is 2.36. The molecule has 0 aliphatic carbocycles. The third kappa shape index (κ3) is 3.05. The van der Waals surface area contributed by atoms with Gasteiger partial charge in [0.15, 0.2) is 0 Å². The van der Waals surface area contributed by atoms with Crippen molar-refractivity contribution in [2.24, 2.45) is 0 Å². The summed E-state index contributed by atoms with van der Waals surface area (Å²) in [6, 6.07) is 12.7. The second-order valence-corrected chi connectivity index (χ2v) is 6.72. The minimum atomic E-state index is -0.288. The van der Waals surface area contributed by atoms with Crippen LogP contribution in [-0.2, 0) is 4.79 Å². The topological polar surface area (TPSA) is 37.4 Å². The van der Waals surface area contributed by atoms with E-state index in [4.69, 9.17) is 11.6 Å². The number of anilines is 1. The molecule has 1 fully saturated rings. The van der Waals surface area contributed by atoms with E-state index in [9.17, 15) is 9.59 Å². The van der Waals surface area contributed by atoms with Crippen LogP contribution >= 0.6 is 23.4 Å². The molecule has 23 heavy (non-hydrogen) atoms. The van der Waals surface area contributed by atoms with Crippen molar-refractivity contribution in [3.8, 4) is 0 Å². The van der Waals surface area contributed by atoms with Gasteiger partial charge in [0.1, 0.15) is 0 Å². The minimum absolute atomic E-state index is 0.274. The number of benzene rings is 2. The highest BCUT2D eigenvalue weighted by Gasteiger charge is 2.37. The van der Waals surface area contributed by atoms with Gasteiger partial charge < -0.3 is 0 Å². The van der Waals surface area contributed by atoms with E-state index in [-0.39, 0.29) is 11.1 Å². The number of imide groups is 1. The van der Waals surface area contributed by atoms with Crippen LogP contribution in [0.15, 0.2) is 47.4 Å². The van der Waals surface area contributed by atoms with Gasteiger partial charge in [-0.05, 0) is 66.6 Å². The molecule has 0 bridgehead atoms. The first-order chi connectivity index (χ1) is 11.0. The standard InChI is InChI=1S/C18H14ClNO2S/c1-11-4-3-5-15(12(11)2)20-17(21)16(23-18(20)22)10-13-6-8-14(19)9-7-13/h3-10H,1-2H3/b16-10-. The monoisotopic (exact) mass is 343 g/mol. The summed E-state index contributed by atoms with van der Waals surface area (Å²) in [6.07, 6.45) is 1.71. The highest BCUT2D eigenvalue weighted by atomic mass is 35.5. The molecule has 5 heteroatoms. The zero-order chi connectivity index (χ0) is 16.6. The molecule has 2 amide bonds. The fourth-order valence-corrected chi connectivity index (χ4v) is 3.32. The summed E-state index contributed by atoms with van der Waals surface area (Å²) in [5.74, 6) is -0.288. The number of hydrogen-bond acceptors (Lipinski definition) is 3. The van der Waals surface area contributed by atoms with E-state index in [2.05, 4.69) is 0 Å². The highest BCUT2D eigenvalue weighted by molar-refractivity contribution is 8.19. The minimum Gasteiger partial charge on any atom is -0.268 e. The second kappa shape index (κ2) is 6.22. The first-order valence-electron chi connectivity index (χ1n) is 7.07. The van der Waals surface area contributed by atoms with Crippen molar-refractivity contribution < 1.29 is 9.59 Å². The van der Waals surface area contributed by atoms with Crippen LogP contribution in [0.1, 0.15) is 16.7 Å². The Hall–Kier alpha value is -2.04. The van der Waals surface area contributed by atoms with Crippen LogP contribution in [0.25, 0.3) is 6.08 Å². The maximum absolute atomic E-state index is 12.6. The molecule has 2 aromatic rings. The van der Waals surface area contributed by atoms with Crippen LogP contribution in [0.4, 0.5) is 10.5 Å². The van der Waals surface area contributed by atoms with Crippen molar-refractivity contribution in [2.45, 2.75) is 13.8 Å². The van der Waals surface area contributed by atoms with E-state index in [0.717, 1.165) is 28.5 Å². The number of rotatable bonds is 2. The van der Waals surface area contributed by atoms with Gasteiger partial charge >= 0.3 is 0 Å². The summed E-state index contributed by atoms with van der Waals surface area (Å²) >= 11 is 6.82. The third-order valence-electron chi connectivity index (χ3n) is 3.78. The molecule has 1 aliphatic rings. The summed E-state index contributed by atoms with van der Waals surface area (Å²) in [5.41, 5.74) is 3.46. The van der Waals surface area contributed by atoms with Gasteiger partial charge in [0.05, 0.1) is 10.6 Å². The van der Waals surface area contributed by atoms with Crippen LogP contribution in [-0.4, -0.2) is 11.1 Å². The number of thioether (sulfide) groups is 1. The average Bonchev–Trinajstić information content (AvgIpc) is 2.79. The molecule has 0 saturated carbocycles. The van der Waals surface area contributed by atoms with E-state index < -0.39 is 0 Å². The van der Waals surface area contributed by atoms with E-state index in [1.807, 2.05) is 38.1 Å². The third-order valence-corrected chi connectivity index (χ3v) is 4.90. The predicted molar refractivity (Wildman–Crippen MR) is 95.8 cm³/mol. The largest absolute Gasteiger partial charge is 0.298 e. The van der Waals surface area contributed by atoms with E-state index >= 15 is 0 Å². The maximum atomic E-state index is 12.6. The smallest absolute Gasteiger partial charge is 0.268 e.